The largest absolute Gasteiger partial charge is 0.317 e. The molecule has 7 heteroatoms. The topological polar surface area (TPSA) is 64.7 Å². The van der Waals surface area contributed by atoms with E-state index in [0.29, 0.717) is 6.42 Å². The van der Waals surface area contributed by atoms with Crippen molar-refractivity contribution >= 4 is 10.0 Å². The molecule has 18 heavy (non-hydrogen) atoms. The van der Waals surface area contributed by atoms with Crippen molar-refractivity contribution in [2.75, 3.05) is 52.1 Å². The summed E-state index contributed by atoms with van der Waals surface area (Å²) in [5.74, 6) is 0.191. The SMILES string of the molecule is CCCNCCCS(=O)(=O)NN1CCN(C)CC1. The predicted molar refractivity (Wildman–Crippen MR) is 73.8 cm³/mol. The summed E-state index contributed by atoms with van der Waals surface area (Å²) in [6.45, 7) is 7.12. The van der Waals surface area contributed by atoms with Gasteiger partial charge in [0.25, 0.3) is 0 Å². The normalized spacial score (nSPS) is 19.2. The highest BCUT2D eigenvalue weighted by molar-refractivity contribution is 7.89. The first kappa shape index (κ1) is 15.8. The molecule has 1 aliphatic heterocycles. The number of hydrazine groups is 1. The maximum atomic E-state index is 11.8. The molecule has 2 N–H and O–H groups in total. The van der Waals surface area contributed by atoms with Crippen molar-refractivity contribution in [3.05, 3.63) is 0 Å². The third-order valence-electron chi connectivity index (χ3n) is 2.96. The summed E-state index contributed by atoms with van der Waals surface area (Å²) in [4.78, 5) is 4.85. The zero-order valence-corrected chi connectivity index (χ0v) is 12.3. The molecule has 0 aliphatic carbocycles. The first-order valence-electron chi connectivity index (χ1n) is 6.68. The van der Waals surface area contributed by atoms with Gasteiger partial charge < -0.3 is 10.2 Å². The van der Waals surface area contributed by atoms with Gasteiger partial charge in [0.15, 0.2) is 0 Å². The molecule has 1 aliphatic rings. The summed E-state index contributed by atoms with van der Waals surface area (Å²) in [5.41, 5.74) is 0. The molecule has 1 heterocycles. The average Bonchev–Trinajstić information content (AvgIpc) is 2.31. The monoisotopic (exact) mass is 278 g/mol. The van der Waals surface area contributed by atoms with E-state index in [2.05, 4.69) is 22.0 Å². The van der Waals surface area contributed by atoms with Crippen LogP contribution in [0.5, 0.6) is 0 Å². The van der Waals surface area contributed by atoms with Crippen molar-refractivity contribution in [2.45, 2.75) is 19.8 Å². The lowest BCUT2D eigenvalue weighted by molar-refractivity contribution is 0.135. The van der Waals surface area contributed by atoms with Crippen molar-refractivity contribution in [3.8, 4) is 0 Å². The van der Waals surface area contributed by atoms with Crippen molar-refractivity contribution in [2.24, 2.45) is 0 Å². The van der Waals surface area contributed by atoms with E-state index >= 15 is 0 Å². The number of hydrogen-bond donors (Lipinski definition) is 2. The van der Waals surface area contributed by atoms with E-state index in [4.69, 9.17) is 0 Å². The molecule has 0 aromatic carbocycles. The van der Waals surface area contributed by atoms with Crippen molar-refractivity contribution in [3.63, 3.8) is 0 Å². The van der Waals surface area contributed by atoms with Crippen LogP contribution in [0.15, 0.2) is 0 Å². The predicted octanol–water partition coefficient (Wildman–Crippen LogP) is -0.542. The van der Waals surface area contributed by atoms with Crippen LogP contribution in [0, 0.1) is 0 Å². The van der Waals surface area contributed by atoms with Gasteiger partial charge >= 0.3 is 0 Å². The average molecular weight is 278 g/mol. The van der Waals surface area contributed by atoms with Crippen LogP contribution < -0.4 is 10.1 Å². The number of nitrogens with zero attached hydrogens (tertiary/aromatic N) is 2. The van der Waals surface area contributed by atoms with E-state index in [9.17, 15) is 8.42 Å². The first-order chi connectivity index (χ1) is 8.53. The Labute approximate surface area is 111 Å². The molecule has 0 aromatic heterocycles. The highest BCUT2D eigenvalue weighted by Crippen LogP contribution is 1.98. The Balaban J connectivity index is 2.18. The van der Waals surface area contributed by atoms with Crippen LogP contribution in [0.3, 0.4) is 0 Å². The fourth-order valence-electron chi connectivity index (χ4n) is 1.83. The molecular weight excluding hydrogens is 252 g/mol. The van der Waals surface area contributed by atoms with Gasteiger partial charge in [-0.1, -0.05) is 6.92 Å². The highest BCUT2D eigenvalue weighted by Gasteiger charge is 2.19. The molecule has 0 saturated carbocycles. The Bertz CT molecular complexity index is 313. The second-order valence-electron chi connectivity index (χ2n) is 4.80. The van der Waals surface area contributed by atoms with Gasteiger partial charge in [0.2, 0.25) is 10.0 Å². The van der Waals surface area contributed by atoms with Gasteiger partial charge in [-0.2, -0.15) is 0 Å². The quantitative estimate of drug-likeness (QED) is 0.584. The zero-order valence-electron chi connectivity index (χ0n) is 11.5. The lowest BCUT2D eigenvalue weighted by Crippen LogP contribution is -2.52. The number of nitrogens with one attached hydrogen (secondary N) is 2. The molecule has 0 bridgehead atoms. The fourth-order valence-corrected chi connectivity index (χ4v) is 3.02. The van der Waals surface area contributed by atoms with Crippen molar-refractivity contribution < 1.29 is 8.42 Å². The van der Waals surface area contributed by atoms with Crippen LogP contribution in [0.25, 0.3) is 0 Å². The molecule has 1 rings (SSSR count). The number of piperazine rings is 1. The minimum atomic E-state index is -3.17. The van der Waals surface area contributed by atoms with Crippen LogP contribution >= 0.6 is 0 Å². The molecule has 0 atom stereocenters. The maximum Gasteiger partial charge on any atom is 0.224 e. The summed E-state index contributed by atoms with van der Waals surface area (Å²) in [6.07, 6.45) is 1.73. The molecule has 0 spiro atoms. The van der Waals surface area contributed by atoms with E-state index in [1.807, 2.05) is 7.05 Å². The van der Waals surface area contributed by atoms with Crippen molar-refractivity contribution in [1.82, 2.24) is 20.1 Å². The van der Waals surface area contributed by atoms with Gasteiger partial charge in [-0.3, -0.25) is 0 Å². The summed E-state index contributed by atoms with van der Waals surface area (Å²) in [6, 6.07) is 0. The van der Waals surface area contributed by atoms with Crippen LogP contribution in [0.2, 0.25) is 0 Å². The molecular formula is C11H26N4O2S. The molecule has 1 fully saturated rings. The summed E-state index contributed by atoms with van der Waals surface area (Å²) in [5, 5.41) is 5.00. The van der Waals surface area contributed by atoms with Gasteiger partial charge in [-0.25, -0.2) is 13.4 Å². The van der Waals surface area contributed by atoms with Crippen LogP contribution in [-0.2, 0) is 10.0 Å². The lowest BCUT2D eigenvalue weighted by atomic mass is 10.4. The Hall–Kier alpha value is -0.210. The molecule has 108 valence electrons. The Morgan fingerprint density at radius 2 is 1.78 bits per heavy atom. The summed E-state index contributed by atoms with van der Waals surface area (Å²) < 4.78 is 23.6. The van der Waals surface area contributed by atoms with Gasteiger partial charge in [-0.05, 0) is 33.0 Å². The molecule has 6 nitrogen and oxygen atoms in total. The number of sulfonamides is 1. The summed E-state index contributed by atoms with van der Waals surface area (Å²) >= 11 is 0. The van der Waals surface area contributed by atoms with E-state index in [1.165, 1.54) is 0 Å². The second-order valence-corrected chi connectivity index (χ2v) is 6.62. The second kappa shape index (κ2) is 8.06. The molecule has 0 aromatic rings. The number of hydrogen-bond acceptors (Lipinski definition) is 5. The minimum absolute atomic E-state index is 0.191. The molecule has 0 unspecified atom stereocenters. The third-order valence-corrected chi connectivity index (χ3v) is 4.33. The first-order valence-corrected chi connectivity index (χ1v) is 8.33. The number of likely N-dealkylation sites (N-methyl/N-ethyl adjacent to an activating group) is 1. The smallest absolute Gasteiger partial charge is 0.224 e. The standard InChI is InChI=1S/C11H26N4O2S/c1-3-5-12-6-4-11-18(16,17)13-15-9-7-14(2)8-10-15/h12-13H,3-11H2,1-2H3. The van der Waals surface area contributed by atoms with Gasteiger partial charge in [-0.15, -0.1) is 4.83 Å². The number of rotatable bonds is 8. The maximum absolute atomic E-state index is 11.8. The highest BCUT2D eigenvalue weighted by atomic mass is 32.2. The van der Waals surface area contributed by atoms with Gasteiger partial charge in [0.05, 0.1) is 5.75 Å². The van der Waals surface area contributed by atoms with Gasteiger partial charge in [0.1, 0.15) is 0 Å². The van der Waals surface area contributed by atoms with E-state index in [0.717, 1.165) is 45.7 Å². The van der Waals surface area contributed by atoms with Gasteiger partial charge in [0, 0.05) is 26.2 Å². The molecule has 0 amide bonds. The minimum Gasteiger partial charge on any atom is -0.317 e. The lowest BCUT2D eigenvalue weighted by Gasteiger charge is -2.32. The Kier molecular flexibility index (Phi) is 7.10. The van der Waals surface area contributed by atoms with Crippen LogP contribution in [0.1, 0.15) is 19.8 Å². The van der Waals surface area contributed by atoms with E-state index in [1.54, 1.807) is 5.01 Å². The molecule has 0 radical (unpaired) electrons. The zero-order chi connectivity index (χ0) is 13.4. The molecule has 1 saturated heterocycles. The van der Waals surface area contributed by atoms with Crippen LogP contribution in [-0.4, -0.2) is 70.4 Å². The Morgan fingerprint density at radius 3 is 2.39 bits per heavy atom. The van der Waals surface area contributed by atoms with Crippen molar-refractivity contribution in [1.29, 1.82) is 0 Å². The Morgan fingerprint density at radius 1 is 1.11 bits per heavy atom. The van der Waals surface area contributed by atoms with E-state index in [-0.39, 0.29) is 5.75 Å². The summed E-state index contributed by atoms with van der Waals surface area (Å²) in [7, 11) is -1.12. The fraction of sp³-hybridized carbons (Fsp3) is 1.00. The van der Waals surface area contributed by atoms with E-state index < -0.39 is 10.0 Å². The third kappa shape index (κ3) is 6.65. The van der Waals surface area contributed by atoms with Crippen LogP contribution in [0.4, 0.5) is 0 Å².